The Morgan fingerprint density at radius 3 is 1.89 bits per heavy atom. The summed E-state index contributed by atoms with van der Waals surface area (Å²) in [6.07, 6.45) is 0. The van der Waals surface area contributed by atoms with Crippen LogP contribution in [0.3, 0.4) is 0 Å². The summed E-state index contributed by atoms with van der Waals surface area (Å²) in [5, 5.41) is 5.16. The molecule has 0 bridgehead atoms. The van der Waals surface area contributed by atoms with E-state index in [1.165, 1.54) is 19.0 Å². The minimum Gasteiger partial charge on any atom is -0.373 e. The molecule has 0 saturated carbocycles. The lowest BCUT2D eigenvalue weighted by atomic mass is 10.2. The first kappa shape index (κ1) is 20.7. The van der Waals surface area contributed by atoms with Gasteiger partial charge in [0.2, 0.25) is 11.8 Å². The molecular formula is C19H21F2N3O2S. The highest BCUT2D eigenvalue weighted by atomic mass is 32.2. The van der Waals surface area contributed by atoms with Crippen molar-refractivity contribution in [3.8, 4) is 0 Å². The lowest BCUT2D eigenvalue weighted by Gasteiger charge is -2.15. The van der Waals surface area contributed by atoms with Crippen LogP contribution in [-0.4, -0.2) is 37.4 Å². The van der Waals surface area contributed by atoms with Gasteiger partial charge >= 0.3 is 0 Å². The van der Waals surface area contributed by atoms with Crippen LogP contribution in [0.5, 0.6) is 0 Å². The molecule has 0 fully saturated rings. The summed E-state index contributed by atoms with van der Waals surface area (Å²) in [5.41, 5.74) is 1.63. The molecule has 0 atom stereocenters. The van der Waals surface area contributed by atoms with Crippen molar-refractivity contribution in [3.63, 3.8) is 0 Å². The molecule has 0 aliphatic carbocycles. The van der Waals surface area contributed by atoms with Gasteiger partial charge in [-0.05, 0) is 31.2 Å². The van der Waals surface area contributed by atoms with Crippen LogP contribution in [0.25, 0.3) is 0 Å². The summed E-state index contributed by atoms with van der Waals surface area (Å²) in [5.74, 6) is -2.13. The molecule has 0 saturated heterocycles. The molecule has 0 aliphatic heterocycles. The predicted molar refractivity (Wildman–Crippen MR) is 106 cm³/mol. The van der Waals surface area contributed by atoms with E-state index in [4.69, 9.17) is 0 Å². The fourth-order valence-electron chi connectivity index (χ4n) is 2.33. The molecule has 0 aromatic heterocycles. The number of carbonyl (C=O) groups excluding carboxylic acids is 2. The molecule has 2 amide bonds. The number of carbonyl (C=O) groups is 2. The number of hydrogen-bond donors (Lipinski definition) is 2. The van der Waals surface area contributed by atoms with Gasteiger partial charge in [0.15, 0.2) is 11.6 Å². The second kappa shape index (κ2) is 9.36. The number of nitrogens with one attached hydrogen (secondary N) is 2. The zero-order chi connectivity index (χ0) is 20.0. The zero-order valence-electron chi connectivity index (χ0n) is 15.3. The lowest BCUT2D eigenvalue weighted by molar-refractivity contribution is -0.114. The summed E-state index contributed by atoms with van der Waals surface area (Å²) >= 11 is 1.11. The van der Waals surface area contributed by atoms with Crippen molar-refractivity contribution < 1.29 is 18.4 Å². The van der Waals surface area contributed by atoms with Crippen LogP contribution in [0.1, 0.15) is 5.56 Å². The molecule has 0 spiro atoms. The van der Waals surface area contributed by atoms with Crippen molar-refractivity contribution in [1.29, 1.82) is 0 Å². The molecule has 0 unspecified atom stereocenters. The third-order valence-corrected chi connectivity index (χ3v) is 4.48. The molecule has 2 rings (SSSR count). The van der Waals surface area contributed by atoms with Gasteiger partial charge in [-0.3, -0.25) is 9.59 Å². The largest absolute Gasteiger partial charge is 0.373 e. The highest BCUT2D eigenvalue weighted by Crippen LogP contribution is 2.25. The number of nitrogens with zero attached hydrogens (tertiary/aromatic N) is 1. The summed E-state index contributed by atoms with van der Waals surface area (Å²) in [6.45, 7) is 1.95. The van der Waals surface area contributed by atoms with Crippen LogP contribution in [-0.2, 0) is 9.59 Å². The first-order valence-electron chi connectivity index (χ1n) is 8.16. The number of aryl methyl sites for hydroxylation is 1. The Morgan fingerprint density at radius 1 is 0.926 bits per heavy atom. The molecular weight excluding hydrogens is 372 g/mol. The summed E-state index contributed by atoms with van der Waals surface area (Å²) in [6, 6.07) is 9.48. The minimum absolute atomic E-state index is 0.0139. The standard InChI is InChI=1S/C19H21F2N3O2S/c1-12-4-6-13(7-5-12)22-17(25)10-27-11-18(26)23-14-8-15(20)19(24(2)3)16(21)9-14/h4-9H,10-11H2,1-3H3,(H,22,25)(H,23,26). The lowest BCUT2D eigenvalue weighted by Crippen LogP contribution is -2.19. The maximum Gasteiger partial charge on any atom is 0.234 e. The maximum atomic E-state index is 13.9. The monoisotopic (exact) mass is 393 g/mol. The quantitative estimate of drug-likeness (QED) is 0.754. The number of halogens is 2. The van der Waals surface area contributed by atoms with Crippen LogP contribution >= 0.6 is 11.8 Å². The van der Waals surface area contributed by atoms with E-state index < -0.39 is 17.5 Å². The fraction of sp³-hybridized carbons (Fsp3) is 0.263. The van der Waals surface area contributed by atoms with E-state index in [1.54, 1.807) is 12.1 Å². The third-order valence-electron chi connectivity index (χ3n) is 3.55. The van der Waals surface area contributed by atoms with E-state index in [1.807, 2.05) is 19.1 Å². The first-order valence-corrected chi connectivity index (χ1v) is 9.32. The summed E-state index contributed by atoms with van der Waals surface area (Å²) < 4.78 is 27.8. The molecule has 0 aliphatic rings. The number of hydrogen-bond acceptors (Lipinski definition) is 4. The number of anilines is 3. The molecule has 0 radical (unpaired) electrons. The average Bonchev–Trinajstić information content (AvgIpc) is 2.56. The molecule has 2 N–H and O–H groups in total. The van der Waals surface area contributed by atoms with Gasteiger partial charge in [-0.1, -0.05) is 17.7 Å². The Balaban J connectivity index is 1.81. The van der Waals surface area contributed by atoms with Crippen LogP contribution < -0.4 is 15.5 Å². The van der Waals surface area contributed by atoms with E-state index in [-0.39, 0.29) is 28.8 Å². The molecule has 2 aromatic carbocycles. The second-order valence-corrected chi connectivity index (χ2v) is 7.12. The normalized spacial score (nSPS) is 10.4. The van der Waals surface area contributed by atoms with Gasteiger partial charge in [0.05, 0.1) is 11.5 Å². The van der Waals surface area contributed by atoms with Gasteiger partial charge in [0.25, 0.3) is 0 Å². The van der Waals surface area contributed by atoms with Crippen LogP contribution in [0.2, 0.25) is 0 Å². The van der Waals surface area contributed by atoms with Gasteiger partial charge in [0, 0.05) is 25.5 Å². The van der Waals surface area contributed by atoms with E-state index in [2.05, 4.69) is 10.6 Å². The van der Waals surface area contributed by atoms with Crippen molar-refractivity contribution in [2.24, 2.45) is 0 Å². The van der Waals surface area contributed by atoms with E-state index in [9.17, 15) is 18.4 Å². The molecule has 8 heteroatoms. The van der Waals surface area contributed by atoms with Gasteiger partial charge in [-0.25, -0.2) is 8.78 Å². The number of benzene rings is 2. The molecule has 0 heterocycles. The average molecular weight is 393 g/mol. The Bertz CT molecular complexity index is 803. The van der Waals surface area contributed by atoms with Gasteiger partial charge in [0.1, 0.15) is 5.69 Å². The Hall–Kier alpha value is -2.61. The second-order valence-electron chi connectivity index (χ2n) is 6.14. The Morgan fingerprint density at radius 2 is 1.41 bits per heavy atom. The maximum absolute atomic E-state index is 13.9. The number of rotatable bonds is 7. The van der Waals surface area contributed by atoms with Gasteiger partial charge < -0.3 is 15.5 Å². The van der Waals surface area contributed by atoms with Crippen molar-refractivity contribution in [3.05, 3.63) is 53.6 Å². The van der Waals surface area contributed by atoms with Crippen molar-refractivity contribution >= 4 is 40.6 Å². The van der Waals surface area contributed by atoms with Gasteiger partial charge in [-0.2, -0.15) is 0 Å². The molecule has 27 heavy (non-hydrogen) atoms. The summed E-state index contributed by atoms with van der Waals surface area (Å²) in [4.78, 5) is 25.1. The van der Waals surface area contributed by atoms with Crippen molar-refractivity contribution in [2.75, 3.05) is 41.1 Å². The Labute approximate surface area is 161 Å². The van der Waals surface area contributed by atoms with Crippen molar-refractivity contribution in [2.45, 2.75) is 6.92 Å². The van der Waals surface area contributed by atoms with E-state index >= 15 is 0 Å². The molecule has 2 aromatic rings. The van der Waals surface area contributed by atoms with Crippen LogP contribution in [0, 0.1) is 18.6 Å². The number of thioether (sulfide) groups is 1. The predicted octanol–water partition coefficient (Wildman–Crippen LogP) is 3.65. The Kier molecular flexibility index (Phi) is 7.18. The highest BCUT2D eigenvalue weighted by molar-refractivity contribution is 8.00. The fourth-order valence-corrected chi connectivity index (χ4v) is 2.95. The van der Waals surface area contributed by atoms with E-state index in [0.717, 1.165) is 29.5 Å². The van der Waals surface area contributed by atoms with Gasteiger partial charge in [-0.15, -0.1) is 11.8 Å². The first-order chi connectivity index (χ1) is 12.8. The third kappa shape index (κ3) is 6.25. The summed E-state index contributed by atoms with van der Waals surface area (Å²) in [7, 11) is 3.05. The smallest absolute Gasteiger partial charge is 0.234 e. The number of amides is 2. The van der Waals surface area contributed by atoms with Crippen molar-refractivity contribution in [1.82, 2.24) is 0 Å². The zero-order valence-corrected chi connectivity index (χ0v) is 16.1. The molecule has 5 nitrogen and oxygen atoms in total. The van der Waals surface area contributed by atoms with Crippen LogP contribution in [0.15, 0.2) is 36.4 Å². The highest BCUT2D eigenvalue weighted by Gasteiger charge is 2.14. The topological polar surface area (TPSA) is 61.4 Å². The molecule has 144 valence electrons. The minimum atomic E-state index is -0.763. The van der Waals surface area contributed by atoms with Crippen LogP contribution in [0.4, 0.5) is 25.8 Å². The SMILES string of the molecule is Cc1ccc(NC(=O)CSCC(=O)Nc2cc(F)c(N(C)C)c(F)c2)cc1. The van der Waals surface area contributed by atoms with E-state index in [0.29, 0.717) is 5.69 Å².